The van der Waals surface area contributed by atoms with Crippen molar-refractivity contribution in [2.75, 3.05) is 6.54 Å². The van der Waals surface area contributed by atoms with Gasteiger partial charge in [-0.15, -0.1) is 22.3 Å². The van der Waals surface area contributed by atoms with Gasteiger partial charge in [0.1, 0.15) is 9.97 Å². The van der Waals surface area contributed by atoms with Gasteiger partial charge in [0.05, 0.1) is 15.5 Å². The Morgan fingerprint density at radius 2 is 2.16 bits per heavy atom. The summed E-state index contributed by atoms with van der Waals surface area (Å²) in [4.78, 5) is 14.1. The molecule has 0 atom stereocenters. The van der Waals surface area contributed by atoms with E-state index in [4.69, 9.17) is 16.0 Å². The first-order valence-electron chi connectivity index (χ1n) is 6.87. The van der Waals surface area contributed by atoms with Crippen LogP contribution < -0.4 is 0 Å². The predicted molar refractivity (Wildman–Crippen MR) is 100 cm³/mol. The number of nitrogens with zero attached hydrogens (tertiary/aromatic N) is 2. The van der Waals surface area contributed by atoms with Crippen LogP contribution in [-0.4, -0.2) is 30.9 Å². The fourth-order valence-corrected chi connectivity index (χ4v) is 5.58. The molecule has 3 rings (SSSR count). The summed E-state index contributed by atoms with van der Waals surface area (Å²) in [5.41, 5.74) is 0. The third-order valence-corrected chi connectivity index (χ3v) is 7.11. The molecular formula is C15H11ClN2O4S3. The second-order valence-corrected chi connectivity index (χ2v) is 9.29. The molecular weight excluding hydrogens is 404 g/mol. The fourth-order valence-electron chi connectivity index (χ4n) is 1.95. The number of amidine groups is 1. The maximum atomic E-state index is 12.5. The Balaban J connectivity index is 1.99. The smallest absolute Gasteiger partial charge is 0.294 e. The van der Waals surface area contributed by atoms with Gasteiger partial charge in [-0.2, -0.15) is 8.42 Å². The molecule has 0 spiro atoms. The number of hydrogen-bond acceptors (Lipinski definition) is 6. The largest absolute Gasteiger partial charge is 0.465 e. The molecule has 25 heavy (non-hydrogen) atoms. The number of carbonyl (C=O) groups is 1. The second-order valence-electron chi connectivity index (χ2n) is 4.74. The average Bonchev–Trinajstić information content (AvgIpc) is 3.26. The summed E-state index contributed by atoms with van der Waals surface area (Å²) in [6, 6.07) is 6.25. The number of hydrogen-bond donors (Lipinski definition) is 0. The molecule has 0 bridgehead atoms. The first-order valence-corrected chi connectivity index (χ1v) is 10.3. The molecule has 1 aliphatic heterocycles. The van der Waals surface area contributed by atoms with Gasteiger partial charge >= 0.3 is 0 Å². The van der Waals surface area contributed by atoms with E-state index >= 15 is 0 Å². The van der Waals surface area contributed by atoms with E-state index in [0.717, 1.165) is 23.1 Å². The zero-order valence-electron chi connectivity index (χ0n) is 12.6. The molecule has 0 N–H and O–H groups in total. The van der Waals surface area contributed by atoms with E-state index < -0.39 is 10.0 Å². The summed E-state index contributed by atoms with van der Waals surface area (Å²) in [6.45, 7) is 3.73. The van der Waals surface area contributed by atoms with Crippen LogP contribution in [0.1, 0.15) is 5.76 Å². The van der Waals surface area contributed by atoms with E-state index in [1.165, 1.54) is 29.4 Å². The monoisotopic (exact) mass is 414 g/mol. The number of furan rings is 1. The summed E-state index contributed by atoms with van der Waals surface area (Å²) in [5.74, 6) is 0.128. The fraction of sp³-hybridized carbons (Fsp3) is 0.0667. The standard InChI is InChI=1S/C15H11ClN2O4S3/c1-2-7-18-14(19)11(9-10-4-3-8-22-10)23-15(18)17-25(20,21)13-6-5-12(16)24-13/h2-6,8-9H,1,7H2/b11-9+,17-15-. The first-order chi connectivity index (χ1) is 11.9. The van der Waals surface area contributed by atoms with Gasteiger partial charge in [-0.3, -0.25) is 9.69 Å². The molecule has 3 heterocycles. The van der Waals surface area contributed by atoms with Crippen LogP contribution in [0.25, 0.3) is 6.08 Å². The van der Waals surface area contributed by atoms with E-state index in [1.807, 2.05) is 0 Å². The van der Waals surface area contributed by atoms with E-state index in [2.05, 4.69) is 11.0 Å². The van der Waals surface area contributed by atoms with E-state index in [1.54, 1.807) is 18.2 Å². The summed E-state index contributed by atoms with van der Waals surface area (Å²) >= 11 is 7.66. The van der Waals surface area contributed by atoms with Gasteiger partial charge < -0.3 is 4.42 Å². The number of carbonyl (C=O) groups excluding carboxylic acids is 1. The molecule has 2 aromatic rings. The molecule has 10 heteroatoms. The molecule has 1 fully saturated rings. The van der Waals surface area contributed by atoms with Crippen LogP contribution in [0.3, 0.4) is 0 Å². The van der Waals surface area contributed by atoms with E-state index in [-0.39, 0.29) is 21.8 Å². The minimum absolute atomic E-state index is 0.0140. The molecule has 0 unspecified atom stereocenters. The Labute approximate surface area is 157 Å². The van der Waals surface area contributed by atoms with Gasteiger partial charge in [0.15, 0.2) is 5.17 Å². The lowest BCUT2D eigenvalue weighted by Crippen LogP contribution is -2.29. The number of sulfonamides is 1. The molecule has 1 amide bonds. The first kappa shape index (κ1) is 18.0. The van der Waals surface area contributed by atoms with Crippen molar-refractivity contribution in [3.63, 3.8) is 0 Å². The lowest BCUT2D eigenvalue weighted by atomic mass is 10.3. The summed E-state index contributed by atoms with van der Waals surface area (Å²) in [6.07, 6.45) is 4.52. The highest BCUT2D eigenvalue weighted by Crippen LogP contribution is 2.34. The van der Waals surface area contributed by atoms with Gasteiger partial charge in [-0.1, -0.05) is 17.7 Å². The molecule has 130 valence electrons. The van der Waals surface area contributed by atoms with Crippen LogP contribution in [0, 0.1) is 0 Å². The topological polar surface area (TPSA) is 80.0 Å². The summed E-state index contributed by atoms with van der Waals surface area (Å²) in [7, 11) is -3.96. The van der Waals surface area contributed by atoms with Crippen molar-refractivity contribution in [3.05, 3.63) is 58.2 Å². The van der Waals surface area contributed by atoms with Crippen molar-refractivity contribution in [1.29, 1.82) is 0 Å². The zero-order valence-corrected chi connectivity index (χ0v) is 15.8. The lowest BCUT2D eigenvalue weighted by Gasteiger charge is -2.12. The number of rotatable bonds is 5. The molecule has 1 aliphatic rings. The minimum atomic E-state index is -3.96. The van der Waals surface area contributed by atoms with Crippen molar-refractivity contribution in [3.8, 4) is 0 Å². The Hall–Kier alpha value is -1.81. The summed E-state index contributed by atoms with van der Waals surface area (Å²) < 4.78 is 34.2. The molecule has 0 aromatic carbocycles. The minimum Gasteiger partial charge on any atom is -0.465 e. The van der Waals surface area contributed by atoms with Crippen LogP contribution >= 0.6 is 34.7 Å². The maximum absolute atomic E-state index is 12.5. The van der Waals surface area contributed by atoms with Crippen molar-refractivity contribution in [2.45, 2.75) is 4.21 Å². The van der Waals surface area contributed by atoms with Crippen LogP contribution in [0.2, 0.25) is 4.34 Å². The Morgan fingerprint density at radius 3 is 2.76 bits per heavy atom. The number of amides is 1. The van der Waals surface area contributed by atoms with Gasteiger partial charge in [0.2, 0.25) is 0 Å². The average molecular weight is 415 g/mol. The highest BCUT2D eigenvalue weighted by molar-refractivity contribution is 8.19. The number of thioether (sulfide) groups is 1. The number of thiophene rings is 1. The lowest BCUT2D eigenvalue weighted by molar-refractivity contribution is -0.121. The number of halogens is 1. The predicted octanol–water partition coefficient (Wildman–Crippen LogP) is 3.84. The molecule has 6 nitrogen and oxygen atoms in total. The van der Waals surface area contributed by atoms with Gasteiger partial charge in [-0.25, -0.2) is 0 Å². The molecule has 0 radical (unpaired) electrons. The third-order valence-electron chi connectivity index (χ3n) is 3.02. The summed E-state index contributed by atoms with van der Waals surface area (Å²) in [5, 5.41) is 0.0622. The van der Waals surface area contributed by atoms with Crippen LogP contribution in [0.4, 0.5) is 0 Å². The van der Waals surface area contributed by atoms with Crippen molar-refractivity contribution < 1.29 is 17.6 Å². The van der Waals surface area contributed by atoms with Crippen molar-refractivity contribution in [1.82, 2.24) is 4.90 Å². The van der Waals surface area contributed by atoms with Crippen molar-refractivity contribution in [2.24, 2.45) is 4.40 Å². The van der Waals surface area contributed by atoms with Gasteiger partial charge in [0, 0.05) is 12.6 Å². The Bertz CT molecular complexity index is 974. The zero-order chi connectivity index (χ0) is 18.0. The van der Waals surface area contributed by atoms with E-state index in [0.29, 0.717) is 15.0 Å². The van der Waals surface area contributed by atoms with Crippen LogP contribution in [-0.2, 0) is 14.8 Å². The van der Waals surface area contributed by atoms with Crippen LogP contribution in [0.15, 0.2) is 61.1 Å². The maximum Gasteiger partial charge on any atom is 0.294 e. The van der Waals surface area contributed by atoms with Gasteiger partial charge in [0.25, 0.3) is 15.9 Å². The quantitative estimate of drug-likeness (QED) is 0.548. The Kier molecular flexibility index (Phi) is 5.19. The van der Waals surface area contributed by atoms with E-state index in [9.17, 15) is 13.2 Å². The molecule has 0 saturated carbocycles. The highest BCUT2D eigenvalue weighted by atomic mass is 35.5. The molecule has 0 aliphatic carbocycles. The molecule has 1 saturated heterocycles. The normalized spacial score (nSPS) is 18.4. The van der Waals surface area contributed by atoms with Crippen LogP contribution in [0.5, 0.6) is 0 Å². The highest BCUT2D eigenvalue weighted by Gasteiger charge is 2.34. The Morgan fingerprint density at radius 1 is 1.36 bits per heavy atom. The second kappa shape index (κ2) is 7.20. The van der Waals surface area contributed by atoms with Gasteiger partial charge in [-0.05, 0) is 36.0 Å². The molecule has 2 aromatic heterocycles. The SMILES string of the molecule is C=CCN1C(=O)/C(=C\c2ccco2)S/C1=N\S(=O)(=O)c1ccc(Cl)s1. The van der Waals surface area contributed by atoms with Crippen molar-refractivity contribution >= 4 is 61.9 Å². The third kappa shape index (κ3) is 3.90.